The molecule has 1 amide bonds. The first kappa shape index (κ1) is 19.2. The van der Waals surface area contributed by atoms with E-state index in [0.717, 1.165) is 25.4 Å². The third-order valence-electron chi connectivity index (χ3n) is 5.66. The van der Waals surface area contributed by atoms with Crippen molar-refractivity contribution in [3.63, 3.8) is 0 Å². The molecule has 0 spiro atoms. The Bertz CT molecular complexity index is 599. The normalized spacial score (nSPS) is 23.6. The zero-order valence-electron chi connectivity index (χ0n) is 16.3. The predicted octanol–water partition coefficient (Wildman–Crippen LogP) is 4.60. The molecule has 1 aliphatic heterocycles. The highest BCUT2D eigenvalue weighted by Crippen LogP contribution is 2.32. The fourth-order valence-electron chi connectivity index (χ4n) is 4.18. The van der Waals surface area contributed by atoms with Crippen LogP contribution in [-0.4, -0.2) is 32.0 Å². The summed E-state index contributed by atoms with van der Waals surface area (Å²) >= 11 is 0. The van der Waals surface area contributed by atoms with Crippen LogP contribution in [-0.2, 0) is 22.3 Å². The first-order chi connectivity index (χ1) is 12.6. The molecule has 4 nitrogen and oxygen atoms in total. The minimum atomic E-state index is -0.281. The molecule has 26 heavy (non-hydrogen) atoms. The van der Waals surface area contributed by atoms with Crippen LogP contribution in [0.1, 0.15) is 68.6 Å². The highest BCUT2D eigenvalue weighted by Gasteiger charge is 2.21. The van der Waals surface area contributed by atoms with Crippen molar-refractivity contribution < 1.29 is 14.3 Å². The molecule has 1 N–H and O–H groups in total. The van der Waals surface area contributed by atoms with Gasteiger partial charge in [-0.25, -0.2) is 4.79 Å². The number of carbonyl (C=O) groups excluding carboxylic acids is 1. The van der Waals surface area contributed by atoms with Crippen molar-refractivity contribution in [2.75, 3.05) is 19.8 Å². The van der Waals surface area contributed by atoms with Crippen molar-refractivity contribution in [3.8, 4) is 0 Å². The van der Waals surface area contributed by atoms with Gasteiger partial charge >= 0.3 is 6.09 Å². The van der Waals surface area contributed by atoms with Crippen LogP contribution in [0.5, 0.6) is 0 Å². The third kappa shape index (κ3) is 5.47. The minimum absolute atomic E-state index is 0.281. The number of rotatable bonds is 6. The zero-order chi connectivity index (χ0) is 18.4. The first-order valence-electron chi connectivity index (χ1n) is 10.3. The van der Waals surface area contributed by atoms with Crippen molar-refractivity contribution in [1.82, 2.24) is 5.32 Å². The van der Waals surface area contributed by atoms with Gasteiger partial charge in [0, 0.05) is 19.1 Å². The van der Waals surface area contributed by atoms with E-state index in [1.807, 2.05) is 0 Å². The topological polar surface area (TPSA) is 47.6 Å². The van der Waals surface area contributed by atoms with Crippen LogP contribution in [0.15, 0.2) is 18.2 Å². The Morgan fingerprint density at radius 1 is 1.27 bits per heavy atom. The summed E-state index contributed by atoms with van der Waals surface area (Å²) in [5.41, 5.74) is 4.41. The Balaban J connectivity index is 1.55. The Labute approximate surface area is 157 Å². The quantitative estimate of drug-likeness (QED) is 0.755. The Hall–Kier alpha value is -1.55. The highest BCUT2D eigenvalue weighted by atomic mass is 16.5. The van der Waals surface area contributed by atoms with Crippen LogP contribution < -0.4 is 5.32 Å². The second-order valence-electron chi connectivity index (χ2n) is 8.05. The maximum absolute atomic E-state index is 11.5. The standard InChI is InChI=1S/C22H33NO3/c1-16(2)25-11-3-5-17-7-8-19-14-20(10-9-18(19)13-17)21-6-4-12-26-22(24)23-15-21/h9-10,14,16-17,21H,3-8,11-13,15H2,1-2H3,(H,23,24)/t17-,21+/m1/s1. The van der Waals surface area contributed by atoms with Gasteiger partial charge in [0.05, 0.1) is 12.7 Å². The number of benzene rings is 1. The summed E-state index contributed by atoms with van der Waals surface area (Å²) in [6.07, 6.45) is 8.17. The summed E-state index contributed by atoms with van der Waals surface area (Å²) in [6, 6.07) is 7.01. The molecule has 0 bridgehead atoms. The smallest absolute Gasteiger partial charge is 0.407 e. The molecule has 0 aromatic heterocycles. The lowest BCUT2D eigenvalue weighted by molar-refractivity contribution is 0.0732. The number of amides is 1. The van der Waals surface area contributed by atoms with Gasteiger partial charge in [0.1, 0.15) is 0 Å². The Morgan fingerprint density at radius 2 is 2.15 bits per heavy atom. The molecule has 144 valence electrons. The summed E-state index contributed by atoms with van der Waals surface area (Å²) in [5, 5.41) is 2.88. The van der Waals surface area contributed by atoms with Gasteiger partial charge in [-0.1, -0.05) is 18.2 Å². The van der Waals surface area contributed by atoms with Crippen molar-refractivity contribution in [1.29, 1.82) is 0 Å². The molecule has 0 saturated carbocycles. The van der Waals surface area contributed by atoms with E-state index in [1.165, 1.54) is 48.8 Å². The van der Waals surface area contributed by atoms with Gasteiger partial charge in [-0.05, 0) is 81.4 Å². The number of fused-ring (bicyclic) bond motifs is 1. The van der Waals surface area contributed by atoms with E-state index in [1.54, 1.807) is 0 Å². The number of ether oxygens (including phenoxy) is 2. The van der Waals surface area contributed by atoms with Crippen LogP contribution in [0.2, 0.25) is 0 Å². The lowest BCUT2D eigenvalue weighted by atomic mass is 9.80. The lowest BCUT2D eigenvalue weighted by Crippen LogP contribution is -2.31. The van der Waals surface area contributed by atoms with Gasteiger partial charge < -0.3 is 14.8 Å². The molecule has 2 atom stereocenters. The Kier molecular flexibility index (Phi) is 6.95. The highest BCUT2D eigenvalue weighted by molar-refractivity contribution is 5.67. The van der Waals surface area contributed by atoms with Crippen LogP contribution in [0.4, 0.5) is 4.79 Å². The van der Waals surface area contributed by atoms with Crippen LogP contribution >= 0.6 is 0 Å². The van der Waals surface area contributed by atoms with Gasteiger partial charge in [0.2, 0.25) is 0 Å². The molecule has 1 aliphatic carbocycles. The molecule has 3 rings (SSSR count). The van der Waals surface area contributed by atoms with E-state index in [9.17, 15) is 4.79 Å². The van der Waals surface area contributed by atoms with E-state index in [0.29, 0.717) is 25.2 Å². The average Bonchev–Trinajstić information content (AvgIpc) is 2.62. The van der Waals surface area contributed by atoms with Crippen molar-refractivity contribution in [3.05, 3.63) is 34.9 Å². The molecular weight excluding hydrogens is 326 g/mol. The van der Waals surface area contributed by atoms with Crippen molar-refractivity contribution in [2.45, 2.75) is 70.8 Å². The minimum Gasteiger partial charge on any atom is -0.450 e. The maximum atomic E-state index is 11.5. The zero-order valence-corrected chi connectivity index (χ0v) is 16.3. The second kappa shape index (κ2) is 9.40. The van der Waals surface area contributed by atoms with Gasteiger partial charge in [-0.2, -0.15) is 0 Å². The number of alkyl carbamates (subject to hydrolysis) is 1. The summed E-state index contributed by atoms with van der Waals surface area (Å²) in [6.45, 7) is 6.29. The van der Waals surface area contributed by atoms with E-state index in [4.69, 9.17) is 9.47 Å². The largest absolute Gasteiger partial charge is 0.450 e. The maximum Gasteiger partial charge on any atom is 0.407 e. The van der Waals surface area contributed by atoms with E-state index < -0.39 is 0 Å². The summed E-state index contributed by atoms with van der Waals surface area (Å²) in [7, 11) is 0. The SMILES string of the molecule is CC(C)OCCC[C@@H]1CCc2cc([C@H]3CCCOC(=O)NC3)ccc2C1. The number of carbonyl (C=O) groups is 1. The van der Waals surface area contributed by atoms with E-state index in [-0.39, 0.29) is 6.09 Å². The number of nitrogens with one attached hydrogen (secondary N) is 1. The molecule has 0 unspecified atom stereocenters. The van der Waals surface area contributed by atoms with Crippen LogP contribution in [0, 0.1) is 5.92 Å². The molecule has 1 fully saturated rings. The Morgan fingerprint density at radius 3 is 3.00 bits per heavy atom. The summed E-state index contributed by atoms with van der Waals surface area (Å²) in [5.74, 6) is 1.20. The fourth-order valence-corrected chi connectivity index (χ4v) is 4.18. The second-order valence-corrected chi connectivity index (χ2v) is 8.05. The fraction of sp³-hybridized carbons (Fsp3) is 0.682. The van der Waals surface area contributed by atoms with Crippen LogP contribution in [0.3, 0.4) is 0 Å². The molecule has 1 saturated heterocycles. The predicted molar refractivity (Wildman–Crippen MR) is 104 cm³/mol. The first-order valence-corrected chi connectivity index (χ1v) is 10.3. The molecular formula is C22H33NO3. The van der Waals surface area contributed by atoms with Crippen molar-refractivity contribution in [2.24, 2.45) is 5.92 Å². The molecule has 0 radical (unpaired) electrons. The summed E-state index contributed by atoms with van der Waals surface area (Å²) < 4.78 is 10.7. The average molecular weight is 360 g/mol. The van der Waals surface area contributed by atoms with Crippen molar-refractivity contribution >= 4 is 6.09 Å². The third-order valence-corrected chi connectivity index (χ3v) is 5.66. The number of cyclic esters (lactones) is 1. The van der Waals surface area contributed by atoms with Gasteiger partial charge in [-0.3, -0.25) is 0 Å². The molecule has 4 heteroatoms. The number of hydrogen-bond donors (Lipinski definition) is 1. The van der Waals surface area contributed by atoms with Crippen LogP contribution in [0.25, 0.3) is 0 Å². The van der Waals surface area contributed by atoms with E-state index >= 15 is 0 Å². The number of aryl methyl sites for hydroxylation is 1. The lowest BCUT2D eigenvalue weighted by Gasteiger charge is -2.27. The monoisotopic (exact) mass is 359 g/mol. The molecule has 1 aromatic carbocycles. The molecule has 1 heterocycles. The van der Waals surface area contributed by atoms with Gasteiger partial charge in [-0.15, -0.1) is 0 Å². The molecule has 1 aromatic rings. The van der Waals surface area contributed by atoms with Gasteiger partial charge in [0.15, 0.2) is 0 Å². The van der Waals surface area contributed by atoms with E-state index in [2.05, 4.69) is 37.4 Å². The molecule has 2 aliphatic rings. The number of hydrogen-bond acceptors (Lipinski definition) is 3. The van der Waals surface area contributed by atoms with Gasteiger partial charge in [0.25, 0.3) is 0 Å². The summed E-state index contributed by atoms with van der Waals surface area (Å²) in [4.78, 5) is 11.5.